The van der Waals surface area contributed by atoms with Gasteiger partial charge in [-0.05, 0) is 45.6 Å². The van der Waals surface area contributed by atoms with Crippen LogP contribution in [0.5, 0.6) is 17.2 Å². The van der Waals surface area contributed by atoms with Gasteiger partial charge in [0.15, 0.2) is 11.5 Å². The zero-order valence-corrected chi connectivity index (χ0v) is 16.3. The molecule has 0 aromatic heterocycles. The lowest BCUT2D eigenvalue weighted by molar-refractivity contribution is 0.353. The van der Waals surface area contributed by atoms with Crippen LogP contribution < -0.4 is 13.7 Å². The molecule has 0 saturated heterocycles. The summed E-state index contributed by atoms with van der Waals surface area (Å²) < 4.78 is 41.0. The molecule has 0 aliphatic heterocycles. The highest BCUT2D eigenvalue weighted by Gasteiger charge is 2.23. The fourth-order valence-corrected chi connectivity index (χ4v) is 4.03. The monoisotopic (exact) mass is 414 g/mol. The Hall–Kier alpha value is -1.73. The average molecular weight is 415 g/mol. The molecule has 0 aliphatic rings. The van der Waals surface area contributed by atoms with Crippen molar-refractivity contribution in [2.24, 2.45) is 0 Å². The zero-order valence-electron chi connectivity index (χ0n) is 13.9. The number of benzene rings is 2. The number of hydrogen-bond acceptors (Lipinski definition) is 5. The number of halogens is 1. The zero-order chi connectivity index (χ0) is 17.9. The highest BCUT2D eigenvalue weighted by atomic mass is 79.9. The molecule has 0 unspecified atom stereocenters. The molecule has 130 valence electrons. The molecule has 0 fully saturated rings. The second-order valence-corrected chi connectivity index (χ2v) is 7.77. The standard InChI is InChI=1S/C17H19BrO5S/c1-11(2)12-5-7-13(8-6-12)23-24(19,20)17-10-16(22-4)15(21-3)9-14(17)18/h5-11H,1-4H3. The van der Waals surface area contributed by atoms with Crippen molar-refractivity contribution < 1.29 is 22.1 Å². The van der Waals surface area contributed by atoms with Crippen molar-refractivity contribution in [3.8, 4) is 17.2 Å². The molecule has 0 saturated carbocycles. The van der Waals surface area contributed by atoms with Crippen LogP contribution in [-0.2, 0) is 10.1 Å². The molecule has 2 aromatic rings. The first-order valence-corrected chi connectivity index (χ1v) is 9.44. The first-order chi connectivity index (χ1) is 11.3. The van der Waals surface area contributed by atoms with Crippen LogP contribution in [0.2, 0.25) is 0 Å². The molecule has 7 heteroatoms. The maximum atomic E-state index is 12.6. The Balaban J connectivity index is 2.36. The van der Waals surface area contributed by atoms with E-state index in [-0.39, 0.29) is 10.6 Å². The van der Waals surface area contributed by atoms with E-state index in [2.05, 4.69) is 29.8 Å². The van der Waals surface area contributed by atoms with Gasteiger partial charge in [0.05, 0.1) is 14.2 Å². The van der Waals surface area contributed by atoms with Gasteiger partial charge in [0, 0.05) is 10.5 Å². The fourth-order valence-electron chi connectivity index (χ4n) is 2.11. The molecule has 0 N–H and O–H groups in total. The highest BCUT2D eigenvalue weighted by Crippen LogP contribution is 2.36. The molecule has 24 heavy (non-hydrogen) atoms. The fraction of sp³-hybridized carbons (Fsp3) is 0.294. The largest absolute Gasteiger partial charge is 0.493 e. The van der Waals surface area contributed by atoms with Gasteiger partial charge in [0.2, 0.25) is 0 Å². The number of methoxy groups -OCH3 is 2. The summed E-state index contributed by atoms with van der Waals surface area (Å²) >= 11 is 3.24. The maximum absolute atomic E-state index is 12.6. The summed E-state index contributed by atoms with van der Waals surface area (Å²) in [6, 6.07) is 9.86. The molecule has 0 spiro atoms. The van der Waals surface area contributed by atoms with Crippen molar-refractivity contribution in [1.29, 1.82) is 0 Å². The molecular formula is C17H19BrO5S. The van der Waals surface area contributed by atoms with Gasteiger partial charge in [-0.2, -0.15) is 8.42 Å². The van der Waals surface area contributed by atoms with Crippen molar-refractivity contribution in [3.63, 3.8) is 0 Å². The molecule has 0 atom stereocenters. The summed E-state index contributed by atoms with van der Waals surface area (Å²) in [5, 5.41) is 0. The van der Waals surface area contributed by atoms with Crippen molar-refractivity contribution in [1.82, 2.24) is 0 Å². The molecule has 0 amide bonds. The molecule has 2 rings (SSSR count). The molecule has 5 nitrogen and oxygen atoms in total. The predicted molar refractivity (Wildman–Crippen MR) is 95.6 cm³/mol. The minimum atomic E-state index is -4.02. The van der Waals surface area contributed by atoms with Gasteiger partial charge < -0.3 is 13.7 Å². The van der Waals surface area contributed by atoms with E-state index in [1.807, 2.05) is 12.1 Å². The van der Waals surface area contributed by atoms with Gasteiger partial charge in [0.25, 0.3) is 0 Å². The second kappa shape index (κ2) is 7.44. The lowest BCUT2D eigenvalue weighted by Crippen LogP contribution is -2.11. The molecule has 2 aromatic carbocycles. The smallest absolute Gasteiger partial charge is 0.340 e. The Morgan fingerprint density at radius 1 is 0.958 bits per heavy atom. The quantitative estimate of drug-likeness (QED) is 0.657. The Morgan fingerprint density at radius 3 is 2.00 bits per heavy atom. The van der Waals surface area contributed by atoms with Crippen molar-refractivity contribution in [3.05, 3.63) is 46.4 Å². The van der Waals surface area contributed by atoms with Gasteiger partial charge in [-0.1, -0.05) is 26.0 Å². The van der Waals surface area contributed by atoms with E-state index < -0.39 is 10.1 Å². The summed E-state index contributed by atoms with van der Waals surface area (Å²) in [7, 11) is -1.10. The van der Waals surface area contributed by atoms with Gasteiger partial charge in [-0.15, -0.1) is 0 Å². The SMILES string of the molecule is COc1cc(Br)c(S(=O)(=O)Oc2ccc(C(C)C)cc2)cc1OC. The normalized spacial score (nSPS) is 11.4. The van der Waals surface area contributed by atoms with Gasteiger partial charge in [-0.25, -0.2) is 0 Å². The van der Waals surface area contributed by atoms with E-state index in [1.165, 1.54) is 26.4 Å². The number of hydrogen-bond donors (Lipinski definition) is 0. The summed E-state index contributed by atoms with van der Waals surface area (Å²) in [5.41, 5.74) is 1.10. The van der Waals surface area contributed by atoms with Crippen LogP contribution in [-0.4, -0.2) is 22.6 Å². The summed E-state index contributed by atoms with van der Waals surface area (Å²) in [6.07, 6.45) is 0. The van der Waals surface area contributed by atoms with Crippen LogP contribution in [0.3, 0.4) is 0 Å². The third-order valence-electron chi connectivity index (χ3n) is 3.46. The first kappa shape index (κ1) is 18.6. The molecule has 0 heterocycles. The minimum Gasteiger partial charge on any atom is -0.493 e. The highest BCUT2D eigenvalue weighted by molar-refractivity contribution is 9.10. The minimum absolute atomic E-state index is 0.0342. The summed E-state index contributed by atoms with van der Waals surface area (Å²) in [5.74, 6) is 1.33. The Morgan fingerprint density at radius 2 is 1.50 bits per heavy atom. The van der Waals surface area contributed by atoms with Gasteiger partial charge in [-0.3, -0.25) is 0 Å². The third kappa shape index (κ3) is 4.02. The van der Waals surface area contributed by atoms with Crippen LogP contribution in [0.25, 0.3) is 0 Å². The van der Waals surface area contributed by atoms with Crippen LogP contribution >= 0.6 is 15.9 Å². The van der Waals surface area contributed by atoms with Crippen molar-refractivity contribution >= 4 is 26.0 Å². The van der Waals surface area contributed by atoms with Gasteiger partial charge in [0.1, 0.15) is 10.6 Å². The van der Waals surface area contributed by atoms with Gasteiger partial charge >= 0.3 is 10.1 Å². The van der Waals surface area contributed by atoms with Crippen LogP contribution in [0, 0.1) is 0 Å². The predicted octanol–water partition coefficient (Wildman–Crippen LogP) is 4.36. The topological polar surface area (TPSA) is 61.8 Å². The summed E-state index contributed by atoms with van der Waals surface area (Å²) in [4.78, 5) is -0.0342. The first-order valence-electron chi connectivity index (χ1n) is 7.24. The van der Waals surface area contributed by atoms with Crippen LogP contribution in [0.1, 0.15) is 25.3 Å². The third-order valence-corrected chi connectivity index (χ3v) is 5.67. The molecule has 0 bridgehead atoms. The lowest BCUT2D eigenvalue weighted by Gasteiger charge is -2.13. The van der Waals surface area contributed by atoms with E-state index in [0.717, 1.165) is 5.56 Å². The van der Waals surface area contributed by atoms with Crippen molar-refractivity contribution in [2.75, 3.05) is 14.2 Å². The Bertz CT molecular complexity index is 814. The van der Waals surface area contributed by atoms with Crippen LogP contribution in [0.15, 0.2) is 45.8 Å². The Kier molecular flexibility index (Phi) is 5.77. The summed E-state index contributed by atoms with van der Waals surface area (Å²) in [6.45, 7) is 4.13. The van der Waals surface area contributed by atoms with E-state index in [1.54, 1.807) is 12.1 Å². The maximum Gasteiger partial charge on any atom is 0.340 e. The number of ether oxygens (including phenoxy) is 2. The second-order valence-electron chi connectivity index (χ2n) is 5.40. The van der Waals surface area contributed by atoms with E-state index >= 15 is 0 Å². The molecule has 0 radical (unpaired) electrons. The average Bonchev–Trinajstić information content (AvgIpc) is 2.54. The lowest BCUT2D eigenvalue weighted by atomic mass is 10.0. The Labute approximate surface area is 150 Å². The molecule has 0 aliphatic carbocycles. The van der Waals surface area contributed by atoms with Crippen molar-refractivity contribution in [2.45, 2.75) is 24.7 Å². The molecular weight excluding hydrogens is 396 g/mol. The van der Waals surface area contributed by atoms with E-state index in [9.17, 15) is 8.42 Å². The van der Waals surface area contributed by atoms with Crippen LogP contribution in [0.4, 0.5) is 0 Å². The van der Waals surface area contributed by atoms with E-state index in [0.29, 0.717) is 21.9 Å². The number of rotatable bonds is 6. The van der Waals surface area contributed by atoms with E-state index in [4.69, 9.17) is 13.7 Å².